The minimum absolute atomic E-state index is 0.117. The fourth-order valence-electron chi connectivity index (χ4n) is 2.09. The van der Waals surface area contributed by atoms with Gasteiger partial charge in [-0.1, -0.05) is 0 Å². The molecule has 1 amide bonds. The molecule has 1 N–H and O–H groups in total. The number of alkyl halides is 3. The van der Waals surface area contributed by atoms with Gasteiger partial charge in [0.05, 0.1) is 5.51 Å². The van der Waals surface area contributed by atoms with Gasteiger partial charge in [-0.2, -0.15) is 13.2 Å². The number of hydrogen-bond acceptors (Lipinski definition) is 4. The lowest BCUT2D eigenvalue weighted by molar-refractivity contribution is -0.263. The highest BCUT2D eigenvalue weighted by Crippen LogP contribution is 2.38. The van der Waals surface area contributed by atoms with Gasteiger partial charge in [-0.3, -0.25) is 4.79 Å². The molecule has 1 atom stereocenters. The number of carbonyl (C=O) groups is 1. The van der Waals surface area contributed by atoms with Gasteiger partial charge in [-0.15, -0.1) is 11.3 Å². The Balaban J connectivity index is 2.07. The van der Waals surface area contributed by atoms with E-state index in [4.69, 9.17) is 0 Å². The third-order valence-corrected chi connectivity index (χ3v) is 3.87. The van der Waals surface area contributed by atoms with E-state index in [0.29, 0.717) is 0 Å². The Hall–Kier alpha value is -1.15. The van der Waals surface area contributed by atoms with Crippen molar-refractivity contribution >= 4 is 17.2 Å². The first-order valence-electron chi connectivity index (χ1n) is 5.80. The zero-order valence-electron chi connectivity index (χ0n) is 9.98. The van der Waals surface area contributed by atoms with Gasteiger partial charge in [-0.25, -0.2) is 4.98 Å². The molecule has 2 rings (SSSR count). The first-order chi connectivity index (χ1) is 8.83. The van der Waals surface area contributed by atoms with Crippen molar-refractivity contribution in [3.8, 4) is 0 Å². The molecule has 1 unspecified atom stereocenters. The van der Waals surface area contributed by atoms with Crippen LogP contribution in [0.3, 0.4) is 0 Å². The van der Waals surface area contributed by atoms with Crippen molar-refractivity contribution in [3.05, 3.63) is 16.6 Å². The van der Waals surface area contributed by atoms with Crippen molar-refractivity contribution in [3.63, 3.8) is 0 Å². The molecule has 1 aromatic rings. The molecule has 4 nitrogen and oxygen atoms in total. The molecule has 106 valence electrons. The van der Waals surface area contributed by atoms with Gasteiger partial charge < -0.3 is 10.0 Å². The van der Waals surface area contributed by atoms with Crippen LogP contribution in [0.25, 0.3) is 0 Å². The van der Waals surface area contributed by atoms with Crippen LogP contribution in [0.15, 0.2) is 10.9 Å². The molecule has 19 heavy (non-hydrogen) atoms. The molecule has 1 saturated heterocycles. The van der Waals surface area contributed by atoms with Gasteiger partial charge in [-0.05, 0) is 12.8 Å². The second-order valence-corrected chi connectivity index (χ2v) is 5.27. The maximum atomic E-state index is 12.7. The normalized spacial score (nSPS) is 25.2. The number of aromatic nitrogens is 1. The van der Waals surface area contributed by atoms with E-state index in [1.807, 2.05) is 0 Å². The molecule has 0 radical (unpaired) electrons. The van der Waals surface area contributed by atoms with Crippen molar-refractivity contribution < 1.29 is 23.1 Å². The number of hydrogen-bond donors (Lipinski definition) is 1. The summed E-state index contributed by atoms with van der Waals surface area (Å²) in [4.78, 5) is 17.1. The second kappa shape index (κ2) is 5.09. The molecule has 1 fully saturated rings. The maximum Gasteiger partial charge on any atom is 0.417 e. The third-order valence-electron chi connectivity index (χ3n) is 3.28. The summed E-state index contributed by atoms with van der Waals surface area (Å²) >= 11 is 1.25. The molecule has 2 heterocycles. The highest BCUT2D eigenvalue weighted by molar-refractivity contribution is 7.07. The molecular formula is C11H13F3N2O2S. The summed E-state index contributed by atoms with van der Waals surface area (Å²) in [6.07, 6.45) is -5.41. The summed E-state index contributed by atoms with van der Waals surface area (Å²) in [5, 5.41) is 11.2. The van der Waals surface area contributed by atoms with Crippen LogP contribution in [0.2, 0.25) is 0 Å². The Morgan fingerprint density at radius 1 is 1.42 bits per heavy atom. The van der Waals surface area contributed by atoms with Crippen molar-refractivity contribution in [2.45, 2.75) is 31.0 Å². The zero-order chi connectivity index (χ0) is 14.1. The van der Waals surface area contributed by atoms with Crippen LogP contribution < -0.4 is 0 Å². The van der Waals surface area contributed by atoms with Crippen LogP contribution in [-0.4, -0.2) is 45.8 Å². The van der Waals surface area contributed by atoms with E-state index in [-0.39, 0.29) is 37.5 Å². The first-order valence-corrected chi connectivity index (χ1v) is 6.74. The number of nitrogens with zero attached hydrogens (tertiary/aromatic N) is 2. The SMILES string of the molecule is O=C(c1cscn1)N1CCCC(O)(C(F)(F)F)CC1. The number of carbonyl (C=O) groups excluding carboxylic acids is 1. The monoisotopic (exact) mass is 294 g/mol. The number of thiazole rings is 1. The number of rotatable bonds is 1. The quantitative estimate of drug-likeness (QED) is 0.862. The summed E-state index contributed by atoms with van der Waals surface area (Å²) in [6, 6.07) is 0. The lowest BCUT2D eigenvalue weighted by Crippen LogP contribution is -2.46. The minimum Gasteiger partial charge on any atom is -0.380 e. The summed E-state index contributed by atoms with van der Waals surface area (Å²) in [5.41, 5.74) is -0.955. The highest BCUT2D eigenvalue weighted by atomic mass is 32.1. The van der Waals surface area contributed by atoms with E-state index in [9.17, 15) is 23.1 Å². The molecular weight excluding hydrogens is 281 g/mol. The van der Waals surface area contributed by atoms with E-state index in [1.165, 1.54) is 21.7 Å². The molecule has 0 spiro atoms. The van der Waals surface area contributed by atoms with Crippen molar-refractivity contribution in [2.24, 2.45) is 0 Å². The number of halogens is 3. The zero-order valence-corrected chi connectivity index (χ0v) is 10.8. The van der Waals surface area contributed by atoms with Crippen LogP contribution in [-0.2, 0) is 0 Å². The van der Waals surface area contributed by atoms with Crippen molar-refractivity contribution in [1.82, 2.24) is 9.88 Å². The van der Waals surface area contributed by atoms with Gasteiger partial charge in [0.2, 0.25) is 0 Å². The van der Waals surface area contributed by atoms with Gasteiger partial charge in [0, 0.05) is 24.9 Å². The fourth-order valence-corrected chi connectivity index (χ4v) is 2.61. The topological polar surface area (TPSA) is 53.4 Å². The summed E-state index contributed by atoms with van der Waals surface area (Å²) < 4.78 is 38.2. The third kappa shape index (κ3) is 2.89. The van der Waals surface area contributed by atoms with E-state index >= 15 is 0 Å². The molecule has 0 saturated carbocycles. The van der Waals surface area contributed by atoms with E-state index in [2.05, 4.69) is 4.98 Å². The molecule has 0 aromatic carbocycles. The molecule has 1 aliphatic heterocycles. The molecule has 8 heteroatoms. The largest absolute Gasteiger partial charge is 0.417 e. The Morgan fingerprint density at radius 2 is 2.16 bits per heavy atom. The van der Waals surface area contributed by atoms with Crippen molar-refractivity contribution in [1.29, 1.82) is 0 Å². The lowest BCUT2D eigenvalue weighted by Gasteiger charge is -2.29. The van der Waals surface area contributed by atoms with E-state index < -0.39 is 18.2 Å². The smallest absolute Gasteiger partial charge is 0.380 e. The van der Waals surface area contributed by atoms with Crippen LogP contribution in [0.1, 0.15) is 29.8 Å². The van der Waals surface area contributed by atoms with Crippen LogP contribution in [0.5, 0.6) is 0 Å². The Morgan fingerprint density at radius 3 is 2.74 bits per heavy atom. The number of likely N-dealkylation sites (tertiary alicyclic amines) is 1. The van der Waals surface area contributed by atoms with Crippen LogP contribution >= 0.6 is 11.3 Å². The van der Waals surface area contributed by atoms with Gasteiger partial charge in [0.15, 0.2) is 5.60 Å². The molecule has 1 aliphatic rings. The average Bonchev–Trinajstić information content (AvgIpc) is 2.77. The predicted octanol–water partition coefficient (Wildman–Crippen LogP) is 2.06. The van der Waals surface area contributed by atoms with Gasteiger partial charge >= 0.3 is 6.18 Å². The van der Waals surface area contributed by atoms with Crippen molar-refractivity contribution in [2.75, 3.05) is 13.1 Å². The van der Waals surface area contributed by atoms with Crippen LogP contribution in [0.4, 0.5) is 13.2 Å². The van der Waals surface area contributed by atoms with Gasteiger partial charge in [0.25, 0.3) is 5.91 Å². The van der Waals surface area contributed by atoms with E-state index in [0.717, 1.165) is 0 Å². The average molecular weight is 294 g/mol. The molecule has 0 bridgehead atoms. The van der Waals surface area contributed by atoms with Crippen LogP contribution in [0, 0.1) is 0 Å². The fraction of sp³-hybridized carbons (Fsp3) is 0.636. The Labute approximate surface area is 111 Å². The minimum atomic E-state index is -4.66. The predicted molar refractivity (Wildman–Crippen MR) is 62.9 cm³/mol. The maximum absolute atomic E-state index is 12.7. The molecule has 1 aromatic heterocycles. The van der Waals surface area contributed by atoms with Gasteiger partial charge in [0.1, 0.15) is 5.69 Å². The first kappa shape index (κ1) is 14.3. The number of amides is 1. The summed E-state index contributed by atoms with van der Waals surface area (Å²) in [6.45, 7) is 0.0844. The van der Waals surface area contributed by atoms with E-state index in [1.54, 1.807) is 5.38 Å². The Kier molecular flexibility index (Phi) is 3.82. The second-order valence-electron chi connectivity index (χ2n) is 4.55. The highest BCUT2D eigenvalue weighted by Gasteiger charge is 2.53. The number of aliphatic hydroxyl groups is 1. The standard InChI is InChI=1S/C11H13F3N2O2S/c12-11(13,14)10(18)2-1-4-16(5-3-10)9(17)8-6-19-7-15-8/h6-7,18H,1-5H2. The lowest BCUT2D eigenvalue weighted by atomic mass is 9.94. The molecule has 0 aliphatic carbocycles. The summed E-state index contributed by atoms with van der Waals surface area (Å²) in [5.74, 6) is -0.382. The Bertz CT molecular complexity index is 449. The summed E-state index contributed by atoms with van der Waals surface area (Å²) in [7, 11) is 0.